The third-order valence-corrected chi connectivity index (χ3v) is 4.74. The molecular weight excluding hydrogens is 278 g/mol. The Kier molecular flexibility index (Phi) is 3.39. The van der Waals surface area contributed by atoms with Gasteiger partial charge in [0.1, 0.15) is 5.52 Å². The highest BCUT2D eigenvalue weighted by atomic mass is 32.2. The first-order valence-corrected chi connectivity index (χ1v) is 8.44. The molecule has 1 aliphatic rings. The Morgan fingerprint density at radius 3 is 2.95 bits per heavy atom. The number of hydrogen-bond acceptors (Lipinski definition) is 5. The Bertz CT molecular complexity index is 677. The van der Waals surface area contributed by atoms with Gasteiger partial charge in [-0.05, 0) is 25.0 Å². The molecule has 1 N–H and O–H groups in total. The zero-order chi connectivity index (χ0) is 14.2. The quantitative estimate of drug-likeness (QED) is 0.932. The van der Waals surface area contributed by atoms with E-state index in [1.54, 1.807) is 0 Å². The number of fused-ring (bicyclic) bond motifs is 1. The molecular formula is C13H17N3O3S. The van der Waals surface area contributed by atoms with E-state index in [1.165, 1.54) is 10.6 Å². The zero-order valence-corrected chi connectivity index (χ0v) is 12.1. The lowest BCUT2D eigenvalue weighted by atomic mass is 10.1. The van der Waals surface area contributed by atoms with E-state index < -0.39 is 10.0 Å². The molecule has 0 saturated carbocycles. The topological polar surface area (TPSA) is 75.4 Å². The average Bonchev–Trinajstić information content (AvgIpc) is 2.80. The summed E-state index contributed by atoms with van der Waals surface area (Å²) in [6.45, 7) is 1.04. The lowest BCUT2D eigenvalue weighted by molar-refractivity contribution is 0.326. The van der Waals surface area contributed by atoms with E-state index in [9.17, 15) is 8.42 Å². The lowest BCUT2D eigenvalue weighted by Crippen LogP contribution is -2.44. The van der Waals surface area contributed by atoms with Gasteiger partial charge >= 0.3 is 0 Å². The normalized spacial score (nSPS) is 21.1. The van der Waals surface area contributed by atoms with E-state index in [0.29, 0.717) is 19.1 Å². The molecule has 108 valence electrons. The maximum Gasteiger partial charge on any atom is 0.295 e. The van der Waals surface area contributed by atoms with Gasteiger partial charge < -0.3 is 9.73 Å². The van der Waals surface area contributed by atoms with Crippen molar-refractivity contribution in [3.8, 4) is 0 Å². The minimum Gasteiger partial charge on any atom is -0.424 e. The van der Waals surface area contributed by atoms with Crippen molar-refractivity contribution in [2.24, 2.45) is 0 Å². The number of piperidine rings is 1. The summed E-state index contributed by atoms with van der Waals surface area (Å²) in [6.07, 6.45) is 2.99. The third kappa shape index (κ3) is 2.78. The summed E-state index contributed by atoms with van der Waals surface area (Å²) in [5.41, 5.74) is 1.52. The van der Waals surface area contributed by atoms with Crippen LogP contribution >= 0.6 is 0 Å². The summed E-state index contributed by atoms with van der Waals surface area (Å²) in [5.74, 6) is 0. The number of benzene rings is 1. The Hall–Kier alpha value is -1.60. The molecule has 7 heteroatoms. The molecule has 0 bridgehead atoms. The first-order valence-electron chi connectivity index (χ1n) is 6.59. The van der Waals surface area contributed by atoms with E-state index in [4.69, 9.17) is 4.42 Å². The molecule has 2 heterocycles. The fourth-order valence-electron chi connectivity index (χ4n) is 2.47. The highest BCUT2D eigenvalue weighted by Crippen LogP contribution is 2.21. The number of hydrogen-bond donors (Lipinski definition) is 1. The van der Waals surface area contributed by atoms with Crippen molar-refractivity contribution >= 4 is 27.1 Å². The van der Waals surface area contributed by atoms with Gasteiger partial charge in [0.25, 0.3) is 6.01 Å². The molecule has 0 aliphatic carbocycles. The molecule has 1 fully saturated rings. The summed E-state index contributed by atoms with van der Waals surface area (Å²) in [4.78, 5) is 4.35. The number of oxazole rings is 1. The van der Waals surface area contributed by atoms with Crippen LogP contribution in [0.5, 0.6) is 0 Å². The summed E-state index contributed by atoms with van der Waals surface area (Å²) >= 11 is 0. The maximum absolute atomic E-state index is 11.6. The molecule has 20 heavy (non-hydrogen) atoms. The van der Waals surface area contributed by atoms with Crippen LogP contribution in [-0.4, -0.2) is 43.1 Å². The summed E-state index contributed by atoms with van der Waals surface area (Å²) in [5, 5.41) is 3.19. The predicted octanol–water partition coefficient (Wildman–Crippen LogP) is 1.66. The number of nitrogens with zero attached hydrogens (tertiary/aromatic N) is 2. The van der Waals surface area contributed by atoms with Gasteiger partial charge in [-0.2, -0.15) is 4.98 Å². The van der Waals surface area contributed by atoms with Crippen LogP contribution in [0.2, 0.25) is 0 Å². The standard InChI is InChI=1S/C13H17N3O3S/c1-20(17,18)16-8-4-5-10(9-16)14-13-15-11-6-2-3-7-12(11)19-13/h2-3,6-7,10H,4-5,8-9H2,1H3,(H,14,15)/t10-/m1/s1. The smallest absolute Gasteiger partial charge is 0.295 e. The SMILES string of the molecule is CS(=O)(=O)N1CCC[C@@H](Nc2nc3ccccc3o2)C1. The minimum absolute atomic E-state index is 0.0338. The molecule has 2 aromatic rings. The molecule has 1 aromatic heterocycles. The van der Waals surface area contributed by atoms with E-state index in [0.717, 1.165) is 23.9 Å². The lowest BCUT2D eigenvalue weighted by Gasteiger charge is -2.30. The van der Waals surface area contributed by atoms with Gasteiger partial charge in [-0.15, -0.1) is 0 Å². The number of sulfonamides is 1. The molecule has 1 aliphatic heterocycles. The number of aromatic nitrogens is 1. The first kappa shape index (κ1) is 13.4. The van der Waals surface area contributed by atoms with Crippen LogP contribution in [0, 0.1) is 0 Å². The van der Waals surface area contributed by atoms with Gasteiger partial charge in [-0.1, -0.05) is 12.1 Å². The van der Waals surface area contributed by atoms with Crippen LogP contribution in [0.3, 0.4) is 0 Å². The largest absolute Gasteiger partial charge is 0.424 e. The Morgan fingerprint density at radius 1 is 1.40 bits per heavy atom. The van der Waals surface area contributed by atoms with Crippen LogP contribution in [0.4, 0.5) is 6.01 Å². The molecule has 0 amide bonds. The van der Waals surface area contributed by atoms with Crippen molar-refractivity contribution in [3.63, 3.8) is 0 Å². The third-order valence-electron chi connectivity index (χ3n) is 3.47. The maximum atomic E-state index is 11.6. The number of nitrogens with one attached hydrogen (secondary N) is 1. The second-order valence-electron chi connectivity index (χ2n) is 5.09. The molecule has 0 unspecified atom stereocenters. The molecule has 1 aromatic carbocycles. The van der Waals surface area contributed by atoms with E-state index in [2.05, 4.69) is 10.3 Å². The molecule has 3 rings (SSSR count). The summed E-state index contributed by atoms with van der Waals surface area (Å²) in [6, 6.07) is 8.02. The average molecular weight is 295 g/mol. The van der Waals surface area contributed by atoms with Gasteiger partial charge in [-0.25, -0.2) is 12.7 Å². The van der Waals surface area contributed by atoms with Crippen LogP contribution in [0.25, 0.3) is 11.1 Å². The van der Waals surface area contributed by atoms with Crippen molar-refractivity contribution in [2.75, 3.05) is 24.7 Å². The fraction of sp³-hybridized carbons (Fsp3) is 0.462. The molecule has 1 atom stereocenters. The van der Waals surface area contributed by atoms with E-state index in [1.807, 2.05) is 24.3 Å². The van der Waals surface area contributed by atoms with Crippen LogP contribution in [-0.2, 0) is 10.0 Å². The molecule has 6 nitrogen and oxygen atoms in total. The van der Waals surface area contributed by atoms with Crippen molar-refractivity contribution in [1.29, 1.82) is 0 Å². The summed E-state index contributed by atoms with van der Waals surface area (Å²) < 4.78 is 30.3. The fourth-order valence-corrected chi connectivity index (χ4v) is 3.38. The Balaban J connectivity index is 1.74. The molecule has 0 radical (unpaired) electrons. The summed E-state index contributed by atoms with van der Waals surface area (Å²) in [7, 11) is -3.13. The number of rotatable bonds is 3. The van der Waals surface area contributed by atoms with Crippen LogP contribution in [0.15, 0.2) is 28.7 Å². The van der Waals surface area contributed by atoms with Crippen molar-refractivity contribution in [2.45, 2.75) is 18.9 Å². The monoisotopic (exact) mass is 295 g/mol. The van der Waals surface area contributed by atoms with E-state index >= 15 is 0 Å². The second kappa shape index (κ2) is 5.06. The highest BCUT2D eigenvalue weighted by molar-refractivity contribution is 7.88. The van der Waals surface area contributed by atoms with Crippen molar-refractivity contribution in [1.82, 2.24) is 9.29 Å². The van der Waals surface area contributed by atoms with Crippen molar-refractivity contribution in [3.05, 3.63) is 24.3 Å². The minimum atomic E-state index is -3.13. The molecule has 0 spiro atoms. The van der Waals surface area contributed by atoms with Gasteiger partial charge in [0.15, 0.2) is 5.58 Å². The van der Waals surface area contributed by atoms with Crippen molar-refractivity contribution < 1.29 is 12.8 Å². The van der Waals surface area contributed by atoms with E-state index in [-0.39, 0.29) is 6.04 Å². The van der Waals surface area contributed by atoms with Crippen LogP contribution < -0.4 is 5.32 Å². The number of anilines is 1. The Labute approximate surface area is 117 Å². The highest BCUT2D eigenvalue weighted by Gasteiger charge is 2.26. The van der Waals surface area contributed by atoms with Gasteiger partial charge in [0.2, 0.25) is 10.0 Å². The molecule has 1 saturated heterocycles. The zero-order valence-electron chi connectivity index (χ0n) is 11.2. The second-order valence-corrected chi connectivity index (χ2v) is 7.07. The first-order chi connectivity index (χ1) is 9.52. The Morgan fingerprint density at radius 2 is 2.20 bits per heavy atom. The van der Waals surface area contributed by atoms with Gasteiger partial charge in [0.05, 0.1) is 6.26 Å². The predicted molar refractivity (Wildman–Crippen MR) is 77.1 cm³/mol. The van der Waals surface area contributed by atoms with Crippen LogP contribution in [0.1, 0.15) is 12.8 Å². The van der Waals surface area contributed by atoms with Gasteiger partial charge in [-0.3, -0.25) is 0 Å². The number of para-hydroxylation sites is 2. The van der Waals surface area contributed by atoms with Gasteiger partial charge in [0, 0.05) is 19.1 Å².